The molecule has 0 spiro atoms. The first kappa shape index (κ1) is 14.3. The molecule has 0 bridgehead atoms. The van der Waals surface area contributed by atoms with Gasteiger partial charge in [0.15, 0.2) is 0 Å². The van der Waals surface area contributed by atoms with Crippen LogP contribution in [0.4, 0.5) is 0 Å². The number of hydrogen-bond donors (Lipinski definition) is 2. The maximum absolute atomic E-state index is 5.39. The molecule has 0 saturated heterocycles. The van der Waals surface area contributed by atoms with Crippen molar-refractivity contribution >= 4 is 0 Å². The fourth-order valence-electron chi connectivity index (χ4n) is 0.333. The highest BCUT2D eigenvalue weighted by Crippen LogP contribution is 1.92. The molecule has 0 aromatic rings. The highest BCUT2D eigenvalue weighted by atomic mass is 14.7. The van der Waals surface area contributed by atoms with Gasteiger partial charge in [-0.25, -0.2) is 0 Å². The normalized spacial score (nSPS) is 11.7. The Kier molecular flexibility index (Phi) is 9.84. The summed E-state index contributed by atoms with van der Waals surface area (Å²) in [5.41, 5.74) is 13.3. The molecule has 0 saturated carbocycles. The summed E-state index contributed by atoms with van der Waals surface area (Å²) in [7, 11) is 0. The minimum atomic E-state index is 0.646. The van der Waals surface area contributed by atoms with Gasteiger partial charge < -0.3 is 11.5 Å². The van der Waals surface area contributed by atoms with E-state index in [0.717, 1.165) is 6.42 Å². The van der Waals surface area contributed by atoms with Gasteiger partial charge in [-0.3, -0.25) is 0 Å². The Labute approximate surface area is 82.0 Å². The Hall–Kier alpha value is -1.18. The molecular formula is C11H22N2. The molecule has 0 aromatic heterocycles. The predicted molar refractivity (Wildman–Crippen MR) is 61.0 cm³/mol. The maximum Gasteiger partial charge on any atom is 0.0501 e. The molecule has 0 aliphatic carbocycles. The van der Waals surface area contributed by atoms with E-state index in [1.807, 2.05) is 20.8 Å². The molecule has 13 heavy (non-hydrogen) atoms. The predicted octanol–water partition coefficient (Wildman–Crippen LogP) is 2.68. The quantitative estimate of drug-likeness (QED) is 0.509. The van der Waals surface area contributed by atoms with Crippen molar-refractivity contribution in [3.05, 3.63) is 35.7 Å². The van der Waals surface area contributed by atoms with E-state index in [2.05, 4.69) is 13.5 Å². The topological polar surface area (TPSA) is 52.0 Å². The van der Waals surface area contributed by atoms with Gasteiger partial charge in [0.1, 0.15) is 0 Å². The first-order chi connectivity index (χ1) is 5.99. The van der Waals surface area contributed by atoms with E-state index < -0.39 is 0 Å². The molecule has 0 radical (unpaired) electrons. The second kappa shape index (κ2) is 8.91. The van der Waals surface area contributed by atoms with Crippen molar-refractivity contribution in [3.63, 3.8) is 0 Å². The molecule has 0 aliphatic rings. The molecule has 0 amide bonds. The summed E-state index contributed by atoms with van der Waals surface area (Å²) in [6, 6.07) is 0. The van der Waals surface area contributed by atoms with E-state index in [9.17, 15) is 0 Å². The summed E-state index contributed by atoms with van der Waals surface area (Å²) in [5.74, 6) is 0. The van der Waals surface area contributed by atoms with Crippen LogP contribution >= 0.6 is 0 Å². The van der Waals surface area contributed by atoms with Gasteiger partial charge in [-0.15, -0.1) is 6.58 Å². The molecule has 0 fully saturated rings. The molecule has 0 atom stereocenters. The Morgan fingerprint density at radius 2 is 1.38 bits per heavy atom. The van der Waals surface area contributed by atoms with Gasteiger partial charge in [-0.05, 0) is 27.2 Å². The van der Waals surface area contributed by atoms with E-state index in [1.54, 1.807) is 12.2 Å². The Morgan fingerprint density at radius 3 is 1.46 bits per heavy atom. The molecule has 0 rings (SSSR count). The smallest absolute Gasteiger partial charge is 0.0501 e. The molecule has 0 aliphatic heterocycles. The average molecular weight is 182 g/mol. The van der Waals surface area contributed by atoms with Crippen molar-refractivity contribution in [3.8, 4) is 0 Å². The third-order valence-electron chi connectivity index (χ3n) is 1.56. The summed E-state index contributed by atoms with van der Waals surface area (Å²) in [4.78, 5) is 0. The lowest BCUT2D eigenvalue weighted by atomic mass is 10.3. The third kappa shape index (κ3) is 10.8. The minimum absolute atomic E-state index is 0.646. The van der Waals surface area contributed by atoms with Crippen molar-refractivity contribution in [2.45, 2.75) is 34.1 Å². The highest BCUT2D eigenvalue weighted by Gasteiger charge is 1.86. The Balaban J connectivity index is 0. The van der Waals surface area contributed by atoms with Gasteiger partial charge in [0.25, 0.3) is 0 Å². The van der Waals surface area contributed by atoms with Crippen molar-refractivity contribution in [2.75, 3.05) is 0 Å². The summed E-state index contributed by atoms with van der Waals surface area (Å²) in [6.45, 7) is 11.5. The molecule has 4 N–H and O–H groups in total. The summed E-state index contributed by atoms with van der Waals surface area (Å²) < 4.78 is 0. The van der Waals surface area contributed by atoms with Crippen LogP contribution in [0.2, 0.25) is 0 Å². The second-order valence-corrected chi connectivity index (χ2v) is 2.80. The molecule has 2 heteroatoms. The first-order valence-electron chi connectivity index (χ1n) is 4.47. The zero-order valence-electron chi connectivity index (χ0n) is 9.22. The third-order valence-corrected chi connectivity index (χ3v) is 1.56. The molecule has 0 heterocycles. The minimum Gasteiger partial charge on any atom is -0.397 e. The van der Waals surface area contributed by atoms with Crippen LogP contribution in [0.15, 0.2) is 35.7 Å². The van der Waals surface area contributed by atoms with Crippen LogP contribution in [-0.4, -0.2) is 0 Å². The van der Waals surface area contributed by atoms with Gasteiger partial charge in [-0.2, -0.15) is 0 Å². The molecule has 0 unspecified atom stereocenters. The van der Waals surface area contributed by atoms with E-state index >= 15 is 0 Å². The number of hydrogen-bond acceptors (Lipinski definition) is 2. The van der Waals surface area contributed by atoms with E-state index in [0.29, 0.717) is 11.4 Å². The fraction of sp³-hybridized carbons (Fsp3) is 0.455. The van der Waals surface area contributed by atoms with Crippen LogP contribution in [0.3, 0.4) is 0 Å². The Morgan fingerprint density at radius 1 is 1.15 bits per heavy atom. The van der Waals surface area contributed by atoms with Crippen molar-refractivity contribution in [1.29, 1.82) is 0 Å². The number of allylic oxidation sites excluding steroid dienone is 3. The van der Waals surface area contributed by atoms with Crippen LogP contribution in [0, 0.1) is 0 Å². The van der Waals surface area contributed by atoms with Crippen LogP contribution in [0.5, 0.6) is 0 Å². The number of rotatable bonds is 2. The average Bonchev–Trinajstić information content (AvgIpc) is 2.16. The van der Waals surface area contributed by atoms with Crippen LogP contribution in [0.25, 0.3) is 0 Å². The highest BCUT2D eigenvalue weighted by molar-refractivity contribution is 5.23. The lowest BCUT2D eigenvalue weighted by Crippen LogP contribution is -2.07. The van der Waals surface area contributed by atoms with Crippen molar-refractivity contribution in [2.24, 2.45) is 11.5 Å². The SMILES string of the molecule is C/C=C(N)\C(N)=C/C.C=C(C)CC. The lowest BCUT2D eigenvalue weighted by molar-refractivity contribution is 1.11. The zero-order valence-corrected chi connectivity index (χ0v) is 9.22. The zero-order chi connectivity index (χ0) is 10.9. The summed E-state index contributed by atoms with van der Waals surface area (Å²) in [5, 5.41) is 0. The van der Waals surface area contributed by atoms with Gasteiger partial charge in [-0.1, -0.05) is 24.6 Å². The van der Waals surface area contributed by atoms with Crippen LogP contribution in [0.1, 0.15) is 34.1 Å². The maximum atomic E-state index is 5.39. The summed E-state index contributed by atoms with van der Waals surface area (Å²) in [6.07, 6.45) is 4.66. The largest absolute Gasteiger partial charge is 0.397 e. The van der Waals surface area contributed by atoms with Gasteiger partial charge >= 0.3 is 0 Å². The standard InChI is InChI=1S/C6H12N2.C5H10/c1-3-5(7)6(8)4-2;1-4-5(2)3/h3-4H,7-8H2,1-2H3;2,4H2,1,3H3/b5-3+,6-4+;. The number of nitrogens with two attached hydrogens (primary N) is 2. The Bertz CT molecular complexity index is 184. The molecular weight excluding hydrogens is 160 g/mol. The second-order valence-electron chi connectivity index (χ2n) is 2.80. The summed E-state index contributed by atoms with van der Waals surface area (Å²) >= 11 is 0. The fourth-order valence-corrected chi connectivity index (χ4v) is 0.333. The first-order valence-corrected chi connectivity index (χ1v) is 4.47. The van der Waals surface area contributed by atoms with E-state index in [-0.39, 0.29) is 0 Å². The van der Waals surface area contributed by atoms with Crippen molar-refractivity contribution in [1.82, 2.24) is 0 Å². The van der Waals surface area contributed by atoms with E-state index in [1.165, 1.54) is 5.57 Å². The van der Waals surface area contributed by atoms with Crippen molar-refractivity contribution < 1.29 is 0 Å². The monoisotopic (exact) mass is 182 g/mol. The van der Waals surface area contributed by atoms with Crippen LogP contribution < -0.4 is 11.5 Å². The molecule has 76 valence electrons. The molecule has 0 aromatic carbocycles. The lowest BCUT2D eigenvalue weighted by Gasteiger charge is -1.96. The van der Waals surface area contributed by atoms with Crippen LogP contribution in [-0.2, 0) is 0 Å². The van der Waals surface area contributed by atoms with Gasteiger partial charge in [0, 0.05) is 0 Å². The van der Waals surface area contributed by atoms with Gasteiger partial charge in [0.05, 0.1) is 11.4 Å². The van der Waals surface area contributed by atoms with Gasteiger partial charge in [0.2, 0.25) is 0 Å². The van der Waals surface area contributed by atoms with E-state index in [4.69, 9.17) is 11.5 Å². The molecule has 2 nitrogen and oxygen atoms in total.